The molecule has 0 saturated carbocycles. The molecule has 1 aromatic heterocycles. The Kier molecular flexibility index (Phi) is 6.12. The first-order valence-electron chi connectivity index (χ1n) is 6.25. The predicted molar refractivity (Wildman–Crippen MR) is 80.5 cm³/mol. The molecule has 0 aromatic carbocycles. The Hall–Kier alpha value is -1.10. The van der Waals surface area contributed by atoms with Gasteiger partial charge in [-0.3, -0.25) is 0 Å². The number of pyridine rings is 1. The highest BCUT2D eigenvalue weighted by atomic mass is 32.2. The molecule has 102 valence electrons. The van der Waals surface area contributed by atoms with E-state index >= 15 is 0 Å². The van der Waals surface area contributed by atoms with Crippen molar-refractivity contribution in [3.63, 3.8) is 0 Å². The molecule has 0 amide bonds. The van der Waals surface area contributed by atoms with Crippen LogP contribution in [0.4, 0.5) is 11.5 Å². The van der Waals surface area contributed by atoms with Crippen molar-refractivity contribution in [2.45, 2.75) is 39.3 Å². The third kappa shape index (κ3) is 4.64. The number of hydrogen-bond donors (Lipinski definition) is 2. The minimum absolute atomic E-state index is 0.0724. The lowest BCUT2D eigenvalue weighted by Crippen LogP contribution is -2.22. The van der Waals surface area contributed by atoms with Crippen molar-refractivity contribution in [2.75, 3.05) is 23.1 Å². The lowest BCUT2D eigenvalue weighted by Gasteiger charge is -2.18. The van der Waals surface area contributed by atoms with Gasteiger partial charge in [-0.2, -0.15) is 16.7 Å². The Labute approximate surface area is 114 Å². The second kappa shape index (κ2) is 7.36. The summed E-state index contributed by atoms with van der Waals surface area (Å²) in [4.78, 5) is 4.41. The zero-order valence-electron chi connectivity index (χ0n) is 11.6. The van der Waals surface area contributed by atoms with Crippen LogP contribution in [0.1, 0.15) is 27.2 Å². The summed E-state index contributed by atoms with van der Waals surface area (Å²) in [6.45, 7) is 6.09. The van der Waals surface area contributed by atoms with Crippen LogP contribution in [-0.4, -0.2) is 29.1 Å². The molecule has 1 atom stereocenters. The lowest BCUT2D eigenvalue weighted by molar-refractivity contribution is 0.234. The Morgan fingerprint density at radius 2 is 2.17 bits per heavy atom. The number of nitrogens with one attached hydrogen (secondary N) is 1. The monoisotopic (exact) mass is 269 g/mol. The molecule has 0 spiro atoms. The number of thioether (sulfide) groups is 1. The van der Waals surface area contributed by atoms with Crippen molar-refractivity contribution >= 4 is 23.3 Å². The minimum atomic E-state index is 0.0724. The van der Waals surface area contributed by atoms with Crippen molar-refractivity contribution in [3.05, 3.63) is 12.1 Å². The van der Waals surface area contributed by atoms with E-state index in [1.807, 2.05) is 37.7 Å². The van der Waals surface area contributed by atoms with E-state index in [0.29, 0.717) is 17.6 Å². The van der Waals surface area contributed by atoms with Gasteiger partial charge in [0.2, 0.25) is 5.88 Å². The molecule has 0 fully saturated rings. The molecule has 1 heterocycles. The van der Waals surface area contributed by atoms with E-state index in [2.05, 4.69) is 23.5 Å². The van der Waals surface area contributed by atoms with Gasteiger partial charge in [-0.15, -0.1) is 0 Å². The molecule has 5 heteroatoms. The summed E-state index contributed by atoms with van der Waals surface area (Å²) in [5, 5.41) is 3.40. The van der Waals surface area contributed by atoms with Crippen LogP contribution in [0, 0.1) is 0 Å². The van der Waals surface area contributed by atoms with Crippen molar-refractivity contribution in [2.24, 2.45) is 0 Å². The van der Waals surface area contributed by atoms with Crippen LogP contribution in [0.25, 0.3) is 0 Å². The molecular formula is C13H23N3OS. The first-order valence-corrected chi connectivity index (χ1v) is 7.64. The second-order valence-electron chi connectivity index (χ2n) is 4.46. The van der Waals surface area contributed by atoms with Crippen LogP contribution < -0.4 is 15.8 Å². The van der Waals surface area contributed by atoms with E-state index in [1.165, 1.54) is 0 Å². The van der Waals surface area contributed by atoms with Crippen LogP contribution in [0.3, 0.4) is 0 Å². The number of nitrogens with zero attached hydrogens (tertiary/aromatic N) is 1. The Morgan fingerprint density at radius 1 is 1.44 bits per heavy atom. The predicted octanol–water partition coefficient (Wildman–Crippen LogP) is 3.00. The zero-order valence-corrected chi connectivity index (χ0v) is 12.4. The number of anilines is 2. The Balaban J connectivity index is 2.77. The maximum Gasteiger partial charge on any atom is 0.239 e. The number of rotatable bonds is 7. The van der Waals surface area contributed by atoms with Gasteiger partial charge in [0.15, 0.2) is 0 Å². The highest BCUT2D eigenvalue weighted by Crippen LogP contribution is 2.22. The van der Waals surface area contributed by atoms with Crippen LogP contribution in [0.15, 0.2) is 12.1 Å². The number of nitrogen functional groups attached to an aromatic ring is 1. The van der Waals surface area contributed by atoms with Crippen LogP contribution in [0.2, 0.25) is 0 Å². The van der Waals surface area contributed by atoms with E-state index in [-0.39, 0.29) is 6.10 Å². The molecule has 0 aliphatic rings. The average Bonchev–Trinajstić information content (AvgIpc) is 2.32. The first kappa shape index (κ1) is 15.0. The first-order chi connectivity index (χ1) is 8.56. The van der Waals surface area contributed by atoms with E-state index in [1.54, 1.807) is 0 Å². The summed E-state index contributed by atoms with van der Waals surface area (Å²) in [5.41, 5.74) is 6.42. The summed E-state index contributed by atoms with van der Waals surface area (Å²) in [7, 11) is 0. The summed E-state index contributed by atoms with van der Waals surface area (Å²) in [6.07, 6.45) is 3.24. The van der Waals surface area contributed by atoms with E-state index in [4.69, 9.17) is 10.5 Å². The zero-order chi connectivity index (χ0) is 13.5. The molecule has 1 rings (SSSR count). The highest BCUT2D eigenvalue weighted by molar-refractivity contribution is 7.98. The maximum absolute atomic E-state index is 5.84. The SMILES string of the molecule is CCC(CSC)Nc1ccc(N)c(OC(C)C)n1. The molecule has 0 radical (unpaired) electrons. The smallest absolute Gasteiger partial charge is 0.239 e. The van der Waals surface area contributed by atoms with Gasteiger partial charge in [0.1, 0.15) is 5.82 Å². The number of ether oxygens (including phenoxy) is 1. The Bertz CT molecular complexity index is 371. The van der Waals surface area contributed by atoms with Gasteiger partial charge in [-0.25, -0.2) is 0 Å². The second-order valence-corrected chi connectivity index (χ2v) is 5.37. The molecular weight excluding hydrogens is 246 g/mol. The van der Waals surface area contributed by atoms with Gasteiger partial charge in [0.05, 0.1) is 11.8 Å². The third-order valence-corrected chi connectivity index (χ3v) is 3.19. The lowest BCUT2D eigenvalue weighted by atomic mass is 10.2. The summed E-state index contributed by atoms with van der Waals surface area (Å²) in [6, 6.07) is 4.15. The van der Waals surface area contributed by atoms with Gasteiger partial charge < -0.3 is 15.8 Å². The van der Waals surface area contributed by atoms with Crippen molar-refractivity contribution < 1.29 is 4.74 Å². The van der Waals surface area contributed by atoms with Crippen molar-refractivity contribution in [3.8, 4) is 5.88 Å². The van der Waals surface area contributed by atoms with Gasteiger partial charge in [-0.1, -0.05) is 6.92 Å². The molecule has 0 aliphatic heterocycles. The molecule has 4 nitrogen and oxygen atoms in total. The minimum Gasteiger partial charge on any atom is -0.473 e. The van der Waals surface area contributed by atoms with E-state index < -0.39 is 0 Å². The summed E-state index contributed by atoms with van der Waals surface area (Å²) >= 11 is 1.83. The summed E-state index contributed by atoms with van der Waals surface area (Å²) < 4.78 is 5.58. The summed E-state index contributed by atoms with van der Waals surface area (Å²) in [5.74, 6) is 2.39. The van der Waals surface area contributed by atoms with Crippen LogP contribution in [0.5, 0.6) is 5.88 Å². The number of nitrogens with two attached hydrogens (primary N) is 1. The standard InChI is InChI=1S/C13H23N3OS/c1-5-10(8-18-4)15-12-7-6-11(14)13(16-12)17-9(2)3/h6-7,9-10H,5,8,14H2,1-4H3,(H,15,16). The molecule has 18 heavy (non-hydrogen) atoms. The Morgan fingerprint density at radius 3 is 2.72 bits per heavy atom. The van der Waals surface area contributed by atoms with E-state index in [9.17, 15) is 0 Å². The van der Waals surface area contributed by atoms with E-state index in [0.717, 1.165) is 18.0 Å². The molecule has 0 aliphatic carbocycles. The number of aromatic nitrogens is 1. The van der Waals surface area contributed by atoms with Gasteiger partial charge in [0, 0.05) is 11.8 Å². The maximum atomic E-state index is 5.84. The van der Waals surface area contributed by atoms with Crippen molar-refractivity contribution in [1.29, 1.82) is 0 Å². The van der Waals surface area contributed by atoms with Crippen LogP contribution in [-0.2, 0) is 0 Å². The topological polar surface area (TPSA) is 60.2 Å². The van der Waals surface area contributed by atoms with Gasteiger partial charge in [0.25, 0.3) is 0 Å². The van der Waals surface area contributed by atoms with Crippen LogP contribution >= 0.6 is 11.8 Å². The molecule has 0 bridgehead atoms. The van der Waals surface area contributed by atoms with Crippen molar-refractivity contribution in [1.82, 2.24) is 4.98 Å². The fraction of sp³-hybridized carbons (Fsp3) is 0.615. The molecule has 1 unspecified atom stereocenters. The molecule has 3 N–H and O–H groups in total. The highest BCUT2D eigenvalue weighted by Gasteiger charge is 2.09. The third-order valence-electron chi connectivity index (χ3n) is 2.45. The largest absolute Gasteiger partial charge is 0.473 e. The molecule has 0 saturated heterocycles. The molecule has 1 aromatic rings. The average molecular weight is 269 g/mol. The fourth-order valence-electron chi connectivity index (χ4n) is 1.52. The fourth-order valence-corrected chi connectivity index (χ4v) is 2.24. The van der Waals surface area contributed by atoms with Gasteiger partial charge >= 0.3 is 0 Å². The van der Waals surface area contributed by atoms with Gasteiger partial charge in [-0.05, 0) is 38.7 Å². The normalized spacial score (nSPS) is 12.5. The quantitative estimate of drug-likeness (QED) is 0.797. The number of hydrogen-bond acceptors (Lipinski definition) is 5.